The number of halogens is 3. The van der Waals surface area contributed by atoms with Gasteiger partial charge in [-0.15, -0.1) is 0 Å². The Bertz CT molecular complexity index is 447. The van der Waals surface area contributed by atoms with Crippen LogP contribution in [-0.2, 0) is 16.6 Å². The molecule has 1 aliphatic rings. The van der Waals surface area contributed by atoms with Crippen LogP contribution < -0.4 is 5.32 Å². The van der Waals surface area contributed by atoms with Gasteiger partial charge in [0.25, 0.3) is 0 Å². The molecule has 0 saturated carbocycles. The number of nitrogens with one attached hydrogen (secondary N) is 1. The fourth-order valence-corrected chi connectivity index (χ4v) is 3.09. The summed E-state index contributed by atoms with van der Waals surface area (Å²) in [6.07, 6.45) is -1.45. The summed E-state index contributed by atoms with van der Waals surface area (Å²) >= 11 is 0. The largest absolute Gasteiger partial charge is 0.411 e. The lowest BCUT2D eigenvalue weighted by atomic mass is 9.70. The molecule has 0 bridgehead atoms. The Morgan fingerprint density at radius 2 is 2.05 bits per heavy atom. The summed E-state index contributed by atoms with van der Waals surface area (Å²) < 4.78 is 41.8. The minimum Gasteiger partial charge on any atom is -0.371 e. The van der Waals surface area contributed by atoms with Crippen LogP contribution in [0, 0.1) is 0 Å². The van der Waals surface area contributed by atoms with Crippen LogP contribution in [0.4, 0.5) is 13.2 Å². The zero-order chi connectivity index (χ0) is 14.6. The zero-order valence-electron chi connectivity index (χ0n) is 11.6. The Morgan fingerprint density at radius 3 is 2.75 bits per heavy atom. The topological polar surface area (TPSA) is 21.3 Å². The fraction of sp³-hybridized carbons (Fsp3) is 0.600. The van der Waals surface area contributed by atoms with E-state index in [0.717, 1.165) is 24.8 Å². The highest BCUT2D eigenvalue weighted by atomic mass is 19.4. The first-order chi connectivity index (χ1) is 9.47. The highest BCUT2D eigenvalue weighted by Gasteiger charge is 2.37. The summed E-state index contributed by atoms with van der Waals surface area (Å²) in [6.45, 7) is -0.452. The van der Waals surface area contributed by atoms with Gasteiger partial charge in [-0.1, -0.05) is 24.3 Å². The number of likely N-dealkylation sites (N-methyl/N-ethyl adjacent to an activating group) is 1. The van der Waals surface area contributed by atoms with Crippen LogP contribution >= 0.6 is 0 Å². The minimum atomic E-state index is -4.27. The molecule has 5 heteroatoms. The third kappa shape index (κ3) is 3.52. The van der Waals surface area contributed by atoms with Crippen molar-refractivity contribution in [1.82, 2.24) is 5.32 Å². The third-order valence-corrected chi connectivity index (χ3v) is 3.85. The molecule has 2 nitrogen and oxygen atoms in total. The number of hydrogen-bond donors (Lipinski definition) is 1. The second-order valence-corrected chi connectivity index (χ2v) is 5.43. The van der Waals surface area contributed by atoms with Gasteiger partial charge in [0.15, 0.2) is 0 Å². The van der Waals surface area contributed by atoms with Gasteiger partial charge < -0.3 is 10.1 Å². The molecule has 112 valence electrons. The molecule has 1 aromatic rings. The maximum absolute atomic E-state index is 12.3. The van der Waals surface area contributed by atoms with E-state index < -0.39 is 12.8 Å². The van der Waals surface area contributed by atoms with Gasteiger partial charge in [-0.25, -0.2) is 0 Å². The van der Waals surface area contributed by atoms with Gasteiger partial charge in [0, 0.05) is 12.0 Å². The van der Waals surface area contributed by atoms with E-state index in [4.69, 9.17) is 4.74 Å². The molecule has 0 aromatic heterocycles. The van der Waals surface area contributed by atoms with Crippen molar-refractivity contribution in [2.24, 2.45) is 0 Å². The smallest absolute Gasteiger partial charge is 0.371 e. The molecule has 1 unspecified atom stereocenters. The van der Waals surface area contributed by atoms with Gasteiger partial charge in [-0.05, 0) is 37.4 Å². The van der Waals surface area contributed by atoms with E-state index in [9.17, 15) is 13.2 Å². The van der Waals surface area contributed by atoms with Crippen molar-refractivity contribution >= 4 is 0 Å². The number of aryl methyl sites for hydroxylation is 1. The van der Waals surface area contributed by atoms with Crippen LogP contribution in [0.25, 0.3) is 0 Å². The first-order valence-corrected chi connectivity index (χ1v) is 6.84. The second kappa shape index (κ2) is 6.14. The molecule has 0 fully saturated rings. The number of rotatable bonds is 5. The van der Waals surface area contributed by atoms with Crippen molar-refractivity contribution in [3.63, 3.8) is 0 Å². The number of hydrogen-bond acceptors (Lipinski definition) is 2. The monoisotopic (exact) mass is 287 g/mol. The lowest BCUT2D eigenvalue weighted by Crippen LogP contribution is -2.44. The molecule has 1 atom stereocenters. The summed E-state index contributed by atoms with van der Waals surface area (Å²) in [7, 11) is 1.82. The molecule has 1 aromatic carbocycles. The van der Waals surface area contributed by atoms with Gasteiger partial charge in [-0.3, -0.25) is 0 Å². The van der Waals surface area contributed by atoms with E-state index in [0.29, 0.717) is 6.54 Å². The molecule has 1 aliphatic carbocycles. The number of alkyl halides is 3. The normalized spacial score (nSPS) is 22.6. The average molecular weight is 287 g/mol. The Labute approximate surface area is 117 Å². The maximum atomic E-state index is 12.3. The van der Waals surface area contributed by atoms with Crippen molar-refractivity contribution in [3.8, 4) is 0 Å². The van der Waals surface area contributed by atoms with Crippen LogP contribution in [0.3, 0.4) is 0 Å². The Morgan fingerprint density at radius 1 is 1.30 bits per heavy atom. The molecule has 2 rings (SSSR count). The minimum absolute atomic E-state index is 0.102. The summed E-state index contributed by atoms with van der Waals surface area (Å²) in [5.74, 6) is 0. The molecule has 0 heterocycles. The quantitative estimate of drug-likeness (QED) is 0.898. The van der Waals surface area contributed by atoms with Crippen LogP contribution in [0.5, 0.6) is 0 Å². The predicted octanol–water partition coefficient (Wildman–Crippen LogP) is 3.06. The van der Waals surface area contributed by atoms with Gasteiger partial charge >= 0.3 is 6.18 Å². The number of ether oxygens (including phenoxy) is 1. The van der Waals surface area contributed by atoms with Crippen LogP contribution in [0.15, 0.2) is 24.3 Å². The van der Waals surface area contributed by atoms with E-state index >= 15 is 0 Å². The van der Waals surface area contributed by atoms with E-state index in [1.807, 2.05) is 25.2 Å². The van der Waals surface area contributed by atoms with Gasteiger partial charge in [0.05, 0.1) is 6.61 Å². The van der Waals surface area contributed by atoms with Crippen molar-refractivity contribution in [3.05, 3.63) is 35.4 Å². The summed E-state index contributed by atoms with van der Waals surface area (Å²) in [5, 5.41) is 3.11. The molecule has 0 spiro atoms. The van der Waals surface area contributed by atoms with Crippen molar-refractivity contribution in [1.29, 1.82) is 0 Å². The SMILES string of the molecule is CNCC1(COCC(F)(F)F)CCCc2ccccc21. The van der Waals surface area contributed by atoms with E-state index in [1.165, 1.54) is 5.56 Å². The lowest BCUT2D eigenvalue weighted by Gasteiger charge is -2.39. The molecule has 20 heavy (non-hydrogen) atoms. The molecular formula is C15H20F3NO. The summed E-state index contributed by atoms with van der Waals surface area (Å²) in [4.78, 5) is 0. The molecule has 1 N–H and O–H groups in total. The first-order valence-electron chi connectivity index (χ1n) is 6.84. The maximum Gasteiger partial charge on any atom is 0.411 e. The highest BCUT2D eigenvalue weighted by molar-refractivity contribution is 5.37. The Hall–Kier alpha value is -1.07. The van der Waals surface area contributed by atoms with E-state index in [2.05, 4.69) is 11.4 Å². The highest BCUT2D eigenvalue weighted by Crippen LogP contribution is 2.37. The lowest BCUT2D eigenvalue weighted by molar-refractivity contribution is -0.178. The molecule has 0 saturated heterocycles. The van der Waals surface area contributed by atoms with Crippen LogP contribution in [0.1, 0.15) is 24.0 Å². The van der Waals surface area contributed by atoms with Gasteiger partial charge in [0.2, 0.25) is 0 Å². The second-order valence-electron chi connectivity index (χ2n) is 5.43. The van der Waals surface area contributed by atoms with Crippen LogP contribution in [0.2, 0.25) is 0 Å². The number of fused-ring (bicyclic) bond motifs is 1. The average Bonchev–Trinajstić information content (AvgIpc) is 2.38. The van der Waals surface area contributed by atoms with Crippen LogP contribution in [-0.4, -0.2) is 33.0 Å². The molecular weight excluding hydrogens is 267 g/mol. The standard InChI is InChI=1S/C15H20F3NO/c1-19-9-14(10-20-11-15(16,17)18)8-4-6-12-5-2-3-7-13(12)14/h2-3,5,7,19H,4,6,8-11H2,1H3. The predicted molar refractivity (Wildman–Crippen MR) is 71.9 cm³/mol. The first kappa shape index (κ1) is 15.3. The van der Waals surface area contributed by atoms with Crippen molar-refractivity contribution in [2.45, 2.75) is 30.9 Å². The number of benzene rings is 1. The molecule has 0 aliphatic heterocycles. The zero-order valence-corrected chi connectivity index (χ0v) is 11.6. The fourth-order valence-electron chi connectivity index (χ4n) is 3.09. The van der Waals surface area contributed by atoms with E-state index in [-0.39, 0.29) is 12.0 Å². The van der Waals surface area contributed by atoms with Crippen molar-refractivity contribution in [2.75, 3.05) is 26.8 Å². The third-order valence-electron chi connectivity index (χ3n) is 3.85. The Balaban J connectivity index is 2.18. The Kier molecular flexibility index (Phi) is 4.70. The van der Waals surface area contributed by atoms with Crippen molar-refractivity contribution < 1.29 is 17.9 Å². The van der Waals surface area contributed by atoms with Gasteiger partial charge in [-0.2, -0.15) is 13.2 Å². The van der Waals surface area contributed by atoms with E-state index in [1.54, 1.807) is 0 Å². The van der Waals surface area contributed by atoms with Gasteiger partial charge in [0.1, 0.15) is 6.61 Å². The molecule has 0 amide bonds. The summed E-state index contributed by atoms with van der Waals surface area (Å²) in [6, 6.07) is 7.99. The molecule has 0 radical (unpaired) electrons. The summed E-state index contributed by atoms with van der Waals surface area (Å²) in [5.41, 5.74) is 2.00.